The minimum absolute atomic E-state index is 0.00239. The Balaban J connectivity index is 3.78. The molecule has 0 radical (unpaired) electrons. The Morgan fingerprint density at radius 1 is 0.593 bits per heavy atom. The Hall–Kier alpha value is -1.54. The van der Waals surface area contributed by atoms with Gasteiger partial charge in [-0.05, 0) is 51.4 Å². The number of rotatable bonds is 44. The molecule has 0 aliphatic heterocycles. The van der Waals surface area contributed by atoms with Crippen LogP contribution in [0.25, 0.3) is 0 Å². The Bertz CT molecular complexity index is 1100. The normalized spacial score (nSPS) is 14.6. The molecule has 59 heavy (non-hydrogen) atoms. The van der Waals surface area contributed by atoms with Gasteiger partial charge in [-0.15, -0.1) is 0 Å². The molecule has 0 spiro atoms. The van der Waals surface area contributed by atoms with Crippen molar-refractivity contribution in [3.8, 4) is 0 Å². The average molecular weight is 851 g/mol. The summed E-state index contributed by atoms with van der Waals surface area (Å²) in [7, 11) is 1.25. The number of unbranched alkanes of at least 4 members (excludes halogenated alkanes) is 25. The molecule has 0 aromatic heterocycles. The molecule has 3 atom stereocenters. The van der Waals surface area contributed by atoms with E-state index in [-0.39, 0.29) is 19.1 Å². The Morgan fingerprint density at radius 3 is 1.46 bits per heavy atom. The first-order chi connectivity index (χ1) is 28.5. The lowest BCUT2D eigenvalue weighted by Crippen LogP contribution is -2.45. The highest BCUT2D eigenvalue weighted by Gasteiger charge is 2.23. The molecule has 0 rings (SSSR count). The highest BCUT2D eigenvalue weighted by atomic mass is 31.2. The molecule has 0 bridgehead atoms. The molecule has 2 N–H and O–H groups in total. The van der Waals surface area contributed by atoms with E-state index in [2.05, 4.69) is 55.6 Å². The molecule has 0 saturated heterocycles. The monoisotopic (exact) mass is 851 g/mol. The minimum atomic E-state index is -4.57. The molecule has 0 aromatic rings. The third kappa shape index (κ3) is 44.3. The molecule has 1 amide bonds. The number of phosphoric acid groups is 1. The van der Waals surface area contributed by atoms with Crippen LogP contribution in [0.2, 0.25) is 0 Å². The molecule has 0 fully saturated rings. The first-order valence-corrected chi connectivity index (χ1v) is 26.0. The summed E-state index contributed by atoms with van der Waals surface area (Å²) in [6.07, 6.45) is 54.0. The zero-order chi connectivity index (χ0) is 43.6. The van der Waals surface area contributed by atoms with E-state index in [1.54, 1.807) is 6.08 Å². The largest absolute Gasteiger partial charge is 0.756 e. The van der Waals surface area contributed by atoms with Crippen LogP contribution < -0.4 is 10.2 Å². The van der Waals surface area contributed by atoms with Crippen LogP contribution in [0.15, 0.2) is 48.6 Å². The number of aliphatic hydroxyl groups excluding tert-OH is 1. The maximum absolute atomic E-state index is 12.7. The Morgan fingerprint density at radius 2 is 1.00 bits per heavy atom. The van der Waals surface area contributed by atoms with Gasteiger partial charge in [0.05, 0.1) is 39.9 Å². The van der Waals surface area contributed by atoms with Gasteiger partial charge in [0.25, 0.3) is 7.82 Å². The molecule has 0 aliphatic rings. The molecule has 0 aliphatic carbocycles. The number of likely N-dealkylation sites (N-methyl/N-ethyl adjacent to an activating group) is 1. The topological polar surface area (TPSA) is 108 Å². The van der Waals surface area contributed by atoms with E-state index >= 15 is 0 Å². The van der Waals surface area contributed by atoms with Crippen LogP contribution in [-0.2, 0) is 18.4 Å². The van der Waals surface area contributed by atoms with E-state index in [1.165, 1.54) is 141 Å². The highest BCUT2D eigenvalue weighted by molar-refractivity contribution is 7.45. The summed E-state index contributed by atoms with van der Waals surface area (Å²) in [6, 6.07) is -0.881. The average Bonchev–Trinajstić information content (AvgIpc) is 3.19. The number of hydrogen-bond donors (Lipinski definition) is 2. The number of carbonyl (C=O) groups is 1. The van der Waals surface area contributed by atoms with Crippen molar-refractivity contribution in [2.75, 3.05) is 40.9 Å². The number of quaternary nitrogens is 1. The second kappa shape index (κ2) is 41.8. The first-order valence-electron chi connectivity index (χ1n) is 24.5. The molecule has 346 valence electrons. The van der Waals surface area contributed by atoms with Gasteiger partial charge < -0.3 is 28.8 Å². The van der Waals surface area contributed by atoms with E-state index < -0.39 is 20.0 Å². The number of carbonyl (C=O) groups excluding carboxylic acids is 1. The van der Waals surface area contributed by atoms with Crippen molar-refractivity contribution in [3.05, 3.63) is 48.6 Å². The number of phosphoric ester groups is 1. The quantitative estimate of drug-likeness (QED) is 0.0274. The van der Waals surface area contributed by atoms with Crippen LogP contribution in [0.1, 0.15) is 213 Å². The first kappa shape index (κ1) is 57.5. The molecule has 8 nitrogen and oxygen atoms in total. The molecule has 9 heteroatoms. The lowest BCUT2D eigenvalue weighted by Gasteiger charge is -2.29. The van der Waals surface area contributed by atoms with Gasteiger partial charge in [0.15, 0.2) is 0 Å². The van der Waals surface area contributed by atoms with Crippen molar-refractivity contribution in [1.82, 2.24) is 5.32 Å². The van der Waals surface area contributed by atoms with Crippen LogP contribution >= 0.6 is 7.82 Å². The van der Waals surface area contributed by atoms with Crippen molar-refractivity contribution in [3.63, 3.8) is 0 Å². The predicted octanol–water partition coefficient (Wildman–Crippen LogP) is 13.4. The van der Waals surface area contributed by atoms with Crippen LogP contribution in [0, 0.1) is 0 Å². The molecular formula is C50H95N2O6P. The molecule has 0 aromatic carbocycles. The number of amides is 1. The third-order valence-corrected chi connectivity index (χ3v) is 11.7. The standard InChI is InChI=1S/C50H95N2O6P/c1-6-8-10-12-13-14-15-16-17-18-19-20-21-22-23-24-25-26-27-28-29-30-31-32-33-34-35-36-37-38-39-40-42-44-50(54)51-48(49(53)43-41-11-9-7-2)47-58-59(55,56)57-46-45-52(3,4)5/h15-16,18-19,21-22,41,43,48-49,53H,6-14,17,20,23-40,42,44-47H2,1-5H3,(H-,51,54,55,56)/b16-15-,19-18-,22-21-,43-41+. The van der Waals surface area contributed by atoms with Gasteiger partial charge in [-0.3, -0.25) is 9.36 Å². The number of nitrogens with one attached hydrogen (secondary N) is 1. The van der Waals surface area contributed by atoms with Gasteiger partial charge in [-0.25, -0.2) is 0 Å². The third-order valence-electron chi connectivity index (χ3n) is 10.8. The molecule has 3 unspecified atom stereocenters. The fraction of sp³-hybridized carbons (Fsp3) is 0.820. The van der Waals surface area contributed by atoms with Gasteiger partial charge in [0.2, 0.25) is 5.91 Å². The van der Waals surface area contributed by atoms with E-state index in [0.717, 1.165) is 51.4 Å². The molecular weight excluding hydrogens is 756 g/mol. The van der Waals surface area contributed by atoms with Gasteiger partial charge in [-0.1, -0.05) is 204 Å². The highest BCUT2D eigenvalue weighted by Crippen LogP contribution is 2.38. The number of aliphatic hydroxyl groups is 1. The van der Waals surface area contributed by atoms with E-state index in [1.807, 2.05) is 27.2 Å². The van der Waals surface area contributed by atoms with Crippen LogP contribution in [-0.4, -0.2) is 68.5 Å². The summed E-state index contributed by atoms with van der Waals surface area (Å²) in [5, 5.41) is 13.5. The van der Waals surface area contributed by atoms with Crippen LogP contribution in [0.4, 0.5) is 0 Å². The second-order valence-electron chi connectivity index (χ2n) is 17.8. The Labute approximate surface area is 365 Å². The number of nitrogens with zero attached hydrogens (tertiary/aromatic N) is 1. The zero-order valence-electron chi connectivity index (χ0n) is 39.2. The number of hydrogen-bond acceptors (Lipinski definition) is 6. The van der Waals surface area contributed by atoms with Crippen molar-refractivity contribution < 1.29 is 32.9 Å². The maximum atomic E-state index is 12.7. The van der Waals surface area contributed by atoms with Crippen molar-refractivity contribution >= 4 is 13.7 Å². The van der Waals surface area contributed by atoms with Crippen LogP contribution in [0.5, 0.6) is 0 Å². The second-order valence-corrected chi connectivity index (χ2v) is 19.2. The molecule has 0 heterocycles. The lowest BCUT2D eigenvalue weighted by molar-refractivity contribution is -0.870. The van der Waals surface area contributed by atoms with Gasteiger partial charge in [-0.2, -0.15) is 0 Å². The predicted molar refractivity (Wildman–Crippen MR) is 251 cm³/mol. The SMILES string of the molecule is CCCC/C=C/C(O)C(COP(=O)([O-])OCC[N+](C)(C)C)NC(=O)CCCCCCCCCCCCCCCCCCCC/C=C\C/C=C\C/C=C\CCCCCCC. The zero-order valence-corrected chi connectivity index (χ0v) is 40.1. The summed E-state index contributed by atoms with van der Waals surface area (Å²) >= 11 is 0. The fourth-order valence-corrected chi connectivity index (χ4v) is 7.57. The molecule has 0 saturated carbocycles. The fourth-order valence-electron chi connectivity index (χ4n) is 6.85. The van der Waals surface area contributed by atoms with Crippen molar-refractivity contribution in [2.24, 2.45) is 0 Å². The van der Waals surface area contributed by atoms with Gasteiger partial charge >= 0.3 is 0 Å². The summed E-state index contributed by atoms with van der Waals surface area (Å²) in [4.78, 5) is 25.0. The van der Waals surface area contributed by atoms with E-state index in [0.29, 0.717) is 17.4 Å². The summed E-state index contributed by atoms with van der Waals surface area (Å²) in [5.41, 5.74) is 0. The van der Waals surface area contributed by atoms with Gasteiger partial charge in [0, 0.05) is 6.42 Å². The van der Waals surface area contributed by atoms with Crippen molar-refractivity contribution in [2.45, 2.75) is 225 Å². The summed E-state index contributed by atoms with van der Waals surface area (Å²) < 4.78 is 22.9. The lowest BCUT2D eigenvalue weighted by atomic mass is 10.0. The van der Waals surface area contributed by atoms with Crippen molar-refractivity contribution in [1.29, 1.82) is 0 Å². The smallest absolute Gasteiger partial charge is 0.268 e. The van der Waals surface area contributed by atoms with Crippen LogP contribution in [0.3, 0.4) is 0 Å². The van der Waals surface area contributed by atoms with Gasteiger partial charge in [0.1, 0.15) is 13.2 Å². The van der Waals surface area contributed by atoms with E-state index in [4.69, 9.17) is 9.05 Å². The number of allylic oxidation sites excluding steroid dienone is 7. The Kier molecular flexibility index (Phi) is 40.7. The summed E-state index contributed by atoms with van der Waals surface area (Å²) in [6.45, 7) is 4.47. The maximum Gasteiger partial charge on any atom is 0.268 e. The minimum Gasteiger partial charge on any atom is -0.756 e. The summed E-state index contributed by atoms with van der Waals surface area (Å²) in [5.74, 6) is -0.207. The van der Waals surface area contributed by atoms with E-state index in [9.17, 15) is 19.4 Å².